The van der Waals surface area contributed by atoms with Crippen molar-refractivity contribution in [1.82, 2.24) is 20.4 Å². The van der Waals surface area contributed by atoms with Crippen LogP contribution in [-0.2, 0) is 4.79 Å². The number of carbonyl (C=O) groups is 1. The van der Waals surface area contributed by atoms with E-state index in [0.29, 0.717) is 11.5 Å². The highest BCUT2D eigenvalue weighted by molar-refractivity contribution is 5.88. The fraction of sp³-hybridized carbons (Fsp3) is 0.364. The van der Waals surface area contributed by atoms with Crippen LogP contribution >= 0.6 is 0 Å². The monoisotopic (exact) mass is 373 g/mol. The van der Waals surface area contributed by atoms with E-state index >= 15 is 0 Å². The molecule has 2 atom stereocenters. The summed E-state index contributed by atoms with van der Waals surface area (Å²) in [5, 5.41) is 20.4. The molecule has 1 amide bonds. The molecule has 2 unspecified atom stereocenters. The molecule has 1 aliphatic carbocycles. The largest absolute Gasteiger partial charge is 0.345 e. The zero-order chi connectivity index (χ0) is 19.3. The highest BCUT2D eigenvalue weighted by Gasteiger charge is 2.36. The van der Waals surface area contributed by atoms with Gasteiger partial charge >= 0.3 is 0 Å². The number of rotatable bonds is 4. The number of nitrogens with one attached hydrogen (secondary N) is 1. The van der Waals surface area contributed by atoms with Gasteiger partial charge in [0.15, 0.2) is 0 Å². The number of aromatic nitrogens is 2. The molecular weight excluding hydrogens is 350 g/mol. The van der Waals surface area contributed by atoms with E-state index in [1.54, 1.807) is 12.3 Å². The van der Waals surface area contributed by atoms with Crippen LogP contribution < -0.4 is 5.32 Å². The highest BCUT2D eigenvalue weighted by atomic mass is 16.1. The number of carbonyl (C=O) groups excluding carboxylic acids is 1. The molecule has 0 bridgehead atoms. The summed E-state index contributed by atoms with van der Waals surface area (Å²) in [4.78, 5) is 14.3. The number of nitriles is 1. The van der Waals surface area contributed by atoms with Gasteiger partial charge in [-0.05, 0) is 48.6 Å². The Morgan fingerprint density at radius 2 is 1.93 bits per heavy atom. The van der Waals surface area contributed by atoms with Gasteiger partial charge in [0.05, 0.1) is 17.7 Å². The summed E-state index contributed by atoms with van der Waals surface area (Å²) in [6.45, 7) is 0. The molecule has 1 aromatic carbocycles. The van der Waals surface area contributed by atoms with Crippen molar-refractivity contribution in [2.24, 2.45) is 5.92 Å². The average Bonchev–Trinajstić information content (AvgIpc) is 2.77. The van der Waals surface area contributed by atoms with Crippen molar-refractivity contribution in [2.45, 2.75) is 44.3 Å². The quantitative estimate of drug-likeness (QED) is 0.885. The van der Waals surface area contributed by atoms with Gasteiger partial charge in [0.2, 0.25) is 5.91 Å². The van der Waals surface area contributed by atoms with Crippen LogP contribution in [0.3, 0.4) is 0 Å². The Kier molecular flexibility index (Phi) is 5.34. The van der Waals surface area contributed by atoms with Crippen molar-refractivity contribution in [1.29, 1.82) is 5.26 Å². The first kappa shape index (κ1) is 18.2. The maximum absolute atomic E-state index is 12.1. The van der Waals surface area contributed by atoms with Gasteiger partial charge in [-0.15, -0.1) is 0 Å². The number of benzene rings is 1. The Hall–Kier alpha value is -3.20. The number of hydrogen-bond acceptors (Lipinski definition) is 5. The van der Waals surface area contributed by atoms with E-state index in [-0.39, 0.29) is 18.1 Å². The lowest BCUT2D eigenvalue weighted by molar-refractivity contribution is -0.120. The molecule has 142 valence electrons. The fourth-order valence-corrected chi connectivity index (χ4v) is 4.33. The topological polar surface area (TPSA) is 81.9 Å². The van der Waals surface area contributed by atoms with Crippen LogP contribution in [-0.4, -0.2) is 21.0 Å². The predicted molar refractivity (Wildman–Crippen MR) is 104 cm³/mol. The zero-order valence-corrected chi connectivity index (χ0v) is 15.7. The summed E-state index contributed by atoms with van der Waals surface area (Å²) in [6, 6.07) is 13.8. The van der Waals surface area contributed by atoms with Crippen LogP contribution in [0.25, 0.3) is 0 Å². The lowest BCUT2D eigenvalue weighted by Crippen LogP contribution is -2.45. The summed E-state index contributed by atoms with van der Waals surface area (Å²) < 4.78 is 0. The van der Waals surface area contributed by atoms with Gasteiger partial charge in [0, 0.05) is 18.5 Å². The third-order valence-electron chi connectivity index (χ3n) is 5.65. The molecule has 1 aromatic heterocycles. The smallest absolute Gasteiger partial charge is 0.247 e. The summed E-state index contributed by atoms with van der Waals surface area (Å²) in [6.07, 6.45) is 10.7. The van der Waals surface area contributed by atoms with Crippen molar-refractivity contribution in [3.05, 3.63) is 71.7 Å². The first-order valence-corrected chi connectivity index (χ1v) is 9.80. The van der Waals surface area contributed by atoms with Crippen LogP contribution in [0.15, 0.2) is 54.9 Å². The highest BCUT2D eigenvalue weighted by Crippen LogP contribution is 2.42. The molecule has 6 heteroatoms. The lowest BCUT2D eigenvalue weighted by atomic mass is 9.80. The van der Waals surface area contributed by atoms with E-state index in [4.69, 9.17) is 5.26 Å². The van der Waals surface area contributed by atoms with Gasteiger partial charge in [0.25, 0.3) is 0 Å². The van der Waals surface area contributed by atoms with Crippen LogP contribution in [0.4, 0.5) is 0 Å². The summed E-state index contributed by atoms with van der Waals surface area (Å²) in [5.41, 5.74) is 2.52. The molecule has 4 rings (SSSR count). The minimum atomic E-state index is -0.367. The molecule has 1 fully saturated rings. The Labute approximate surface area is 164 Å². The van der Waals surface area contributed by atoms with Gasteiger partial charge in [-0.3, -0.25) is 4.79 Å². The van der Waals surface area contributed by atoms with E-state index in [0.717, 1.165) is 24.1 Å². The third-order valence-corrected chi connectivity index (χ3v) is 5.65. The van der Waals surface area contributed by atoms with Crippen molar-refractivity contribution in [3.8, 4) is 6.07 Å². The van der Waals surface area contributed by atoms with E-state index in [1.165, 1.54) is 19.3 Å². The second-order valence-corrected chi connectivity index (χ2v) is 7.40. The second-order valence-electron chi connectivity index (χ2n) is 7.40. The predicted octanol–water partition coefficient (Wildman–Crippen LogP) is 3.61. The van der Waals surface area contributed by atoms with E-state index in [9.17, 15) is 4.79 Å². The van der Waals surface area contributed by atoms with Gasteiger partial charge < -0.3 is 10.2 Å². The van der Waals surface area contributed by atoms with Crippen LogP contribution in [0, 0.1) is 17.2 Å². The number of nitrogens with zero attached hydrogens (tertiary/aromatic N) is 4. The molecule has 0 radical (unpaired) electrons. The van der Waals surface area contributed by atoms with Gasteiger partial charge in [-0.25, -0.2) is 0 Å². The molecule has 1 aliphatic heterocycles. The molecule has 1 saturated carbocycles. The molecular formula is C22H23N5O. The zero-order valence-electron chi connectivity index (χ0n) is 15.7. The normalized spacial score (nSPS) is 21.0. The van der Waals surface area contributed by atoms with E-state index in [2.05, 4.69) is 26.5 Å². The average molecular weight is 373 g/mol. The standard InChI is InChI=1S/C22H23N5O/c23-15-16-8-10-18(11-9-16)21(17-5-2-1-3-6-17)27-14-12-20(28)25-22(27)19-7-4-13-24-26-19/h4,7-14,17,21-22H,1-3,5-6H2,(H,25,28). The van der Waals surface area contributed by atoms with Crippen molar-refractivity contribution in [3.63, 3.8) is 0 Å². The molecule has 0 saturated heterocycles. The molecule has 28 heavy (non-hydrogen) atoms. The first-order valence-electron chi connectivity index (χ1n) is 9.80. The molecule has 2 heterocycles. The maximum Gasteiger partial charge on any atom is 0.247 e. The molecule has 2 aliphatic rings. The lowest BCUT2D eigenvalue weighted by Gasteiger charge is -2.44. The summed E-state index contributed by atoms with van der Waals surface area (Å²) in [7, 11) is 0. The number of amides is 1. The molecule has 2 aromatic rings. The Bertz CT molecular complexity index is 881. The summed E-state index contributed by atoms with van der Waals surface area (Å²) in [5.74, 6) is 0.342. The van der Waals surface area contributed by atoms with Gasteiger partial charge in [-0.1, -0.05) is 31.4 Å². The Morgan fingerprint density at radius 3 is 2.61 bits per heavy atom. The van der Waals surface area contributed by atoms with Crippen LogP contribution in [0.1, 0.15) is 61.1 Å². The Balaban J connectivity index is 1.75. The third kappa shape index (κ3) is 3.74. The van der Waals surface area contributed by atoms with Crippen molar-refractivity contribution in [2.75, 3.05) is 0 Å². The second kappa shape index (κ2) is 8.22. The fourth-order valence-electron chi connectivity index (χ4n) is 4.33. The van der Waals surface area contributed by atoms with Crippen molar-refractivity contribution < 1.29 is 4.79 Å². The molecule has 0 spiro atoms. The van der Waals surface area contributed by atoms with E-state index < -0.39 is 0 Å². The van der Waals surface area contributed by atoms with Crippen LogP contribution in [0.2, 0.25) is 0 Å². The molecule has 1 N–H and O–H groups in total. The van der Waals surface area contributed by atoms with Crippen molar-refractivity contribution >= 4 is 5.91 Å². The van der Waals surface area contributed by atoms with E-state index in [1.807, 2.05) is 42.6 Å². The minimum Gasteiger partial charge on any atom is -0.345 e. The SMILES string of the molecule is N#Cc1ccc(C(C2CCCCC2)N2C=CC(=O)NC2c2cccnn2)cc1. The number of hydrogen-bond donors (Lipinski definition) is 1. The maximum atomic E-state index is 12.1. The Morgan fingerprint density at radius 1 is 1.14 bits per heavy atom. The van der Waals surface area contributed by atoms with Crippen LogP contribution in [0.5, 0.6) is 0 Å². The van der Waals surface area contributed by atoms with Gasteiger partial charge in [-0.2, -0.15) is 15.5 Å². The summed E-state index contributed by atoms with van der Waals surface area (Å²) >= 11 is 0. The molecule has 6 nitrogen and oxygen atoms in total. The van der Waals surface area contributed by atoms with Gasteiger partial charge in [0.1, 0.15) is 11.9 Å². The minimum absolute atomic E-state index is 0.0944. The first-order chi connectivity index (χ1) is 13.8.